The number of aliphatic carboxylic acids is 1. The number of aryl methyl sites for hydroxylation is 1. The van der Waals surface area contributed by atoms with Gasteiger partial charge in [-0.1, -0.05) is 30.3 Å². The minimum Gasteiger partial charge on any atom is -0.481 e. The Bertz CT molecular complexity index is 1210. The lowest BCUT2D eigenvalue weighted by molar-refractivity contribution is -0.138. The van der Waals surface area contributed by atoms with Gasteiger partial charge in [0.15, 0.2) is 0 Å². The summed E-state index contributed by atoms with van der Waals surface area (Å²) >= 11 is 0. The minimum absolute atomic E-state index is 0.0245. The number of carboxylic acids is 1. The van der Waals surface area contributed by atoms with Gasteiger partial charge >= 0.3 is 5.97 Å². The number of rotatable bonds is 17. The van der Waals surface area contributed by atoms with Gasteiger partial charge in [-0.3, -0.25) is 33.6 Å². The molecule has 6 atom stereocenters. The lowest BCUT2D eigenvalue weighted by Crippen LogP contribution is -2.57. The van der Waals surface area contributed by atoms with E-state index in [0.717, 1.165) is 5.56 Å². The van der Waals surface area contributed by atoms with Crippen LogP contribution in [0.5, 0.6) is 0 Å². The highest BCUT2D eigenvalue weighted by Crippen LogP contribution is 2.46. The Morgan fingerprint density at radius 1 is 0.953 bits per heavy atom. The standard InChI is InChI=1S/C28H39FN6O8/c1-15(29)11-20(34-25(41)17(3)32-21(36)10-9-18-7-5-4-6-8-18)26(42)31-14-22(37)35-28(13-19(28)12-23(38)39)27(43)33-16(2)24(30)40/h4-8,15-17,19-20H,9-14H2,1-3H3,(H2,30,40)(H,31,42)(H,32,36)(H,33,43)(H,34,41)(H,35,37)(H,38,39)/t15?,16-,17-,19?,20-,28?/m0/s1. The molecule has 1 saturated carbocycles. The van der Waals surface area contributed by atoms with Crippen molar-refractivity contribution in [1.29, 1.82) is 0 Å². The summed E-state index contributed by atoms with van der Waals surface area (Å²) in [6.07, 6.45) is -1.82. The van der Waals surface area contributed by atoms with Crippen LogP contribution >= 0.6 is 0 Å². The molecule has 3 unspecified atom stereocenters. The van der Waals surface area contributed by atoms with Gasteiger partial charge in [0.25, 0.3) is 0 Å². The zero-order valence-corrected chi connectivity index (χ0v) is 24.3. The number of hydrogen-bond donors (Lipinski definition) is 7. The van der Waals surface area contributed by atoms with E-state index >= 15 is 0 Å². The van der Waals surface area contributed by atoms with E-state index < -0.39 is 96.6 Å². The lowest BCUT2D eigenvalue weighted by Gasteiger charge is -2.23. The molecule has 0 heterocycles. The second kappa shape index (κ2) is 15.6. The van der Waals surface area contributed by atoms with Crippen LogP contribution in [0.3, 0.4) is 0 Å². The largest absolute Gasteiger partial charge is 0.481 e. The van der Waals surface area contributed by atoms with Gasteiger partial charge < -0.3 is 37.4 Å². The number of alkyl halides is 1. The Kier molecular flexibility index (Phi) is 12.6. The summed E-state index contributed by atoms with van der Waals surface area (Å²) in [4.78, 5) is 85.7. The summed E-state index contributed by atoms with van der Waals surface area (Å²) in [5.41, 5.74) is 4.48. The van der Waals surface area contributed by atoms with E-state index in [4.69, 9.17) is 10.8 Å². The summed E-state index contributed by atoms with van der Waals surface area (Å²) in [7, 11) is 0. The SMILES string of the molecule is CC(F)C[C@H](NC(=O)[C@H](C)NC(=O)CCc1ccccc1)C(=O)NCC(=O)NC1(C(=O)N[C@@H](C)C(N)=O)CC1CC(=O)O. The first-order valence-electron chi connectivity index (χ1n) is 13.8. The third-order valence-electron chi connectivity index (χ3n) is 6.94. The predicted octanol–water partition coefficient (Wildman–Crippen LogP) is -1.19. The molecule has 1 aliphatic carbocycles. The van der Waals surface area contributed by atoms with Crippen LogP contribution in [0.25, 0.3) is 0 Å². The van der Waals surface area contributed by atoms with Crippen molar-refractivity contribution >= 4 is 41.4 Å². The normalized spacial score (nSPS) is 19.9. The Morgan fingerprint density at radius 2 is 1.60 bits per heavy atom. The third kappa shape index (κ3) is 11.0. The highest BCUT2D eigenvalue weighted by atomic mass is 19.1. The van der Waals surface area contributed by atoms with Crippen LogP contribution in [-0.2, 0) is 40.0 Å². The van der Waals surface area contributed by atoms with Crippen molar-refractivity contribution in [3.8, 4) is 0 Å². The third-order valence-corrected chi connectivity index (χ3v) is 6.94. The number of halogens is 1. The molecule has 0 bridgehead atoms. The summed E-state index contributed by atoms with van der Waals surface area (Å²) in [6.45, 7) is 3.22. The zero-order chi connectivity index (χ0) is 32.3. The first kappa shape index (κ1) is 34.6. The van der Waals surface area contributed by atoms with Crippen LogP contribution in [0.1, 0.15) is 52.0 Å². The smallest absolute Gasteiger partial charge is 0.303 e. The number of carbonyl (C=O) groups excluding carboxylic acids is 6. The Balaban J connectivity index is 1.94. The molecular weight excluding hydrogens is 567 g/mol. The summed E-state index contributed by atoms with van der Waals surface area (Å²) in [5, 5.41) is 21.0. The van der Waals surface area contributed by atoms with E-state index in [0.29, 0.717) is 6.42 Å². The molecule has 6 amide bonds. The first-order chi connectivity index (χ1) is 20.1. The van der Waals surface area contributed by atoms with Gasteiger partial charge in [-0.25, -0.2) is 4.39 Å². The van der Waals surface area contributed by atoms with Gasteiger partial charge in [-0.15, -0.1) is 0 Å². The topological polar surface area (TPSA) is 226 Å². The number of amides is 6. The average molecular weight is 607 g/mol. The van der Waals surface area contributed by atoms with Crippen molar-refractivity contribution in [3.05, 3.63) is 35.9 Å². The Labute approximate surface area is 248 Å². The molecule has 8 N–H and O–H groups in total. The molecule has 1 aliphatic rings. The molecule has 15 heteroatoms. The molecule has 0 spiro atoms. The fourth-order valence-corrected chi connectivity index (χ4v) is 4.39. The van der Waals surface area contributed by atoms with E-state index in [-0.39, 0.29) is 12.8 Å². The fraction of sp³-hybridized carbons (Fsp3) is 0.536. The first-order valence-corrected chi connectivity index (χ1v) is 13.8. The maximum atomic E-state index is 13.9. The van der Waals surface area contributed by atoms with Crippen molar-refractivity contribution in [3.63, 3.8) is 0 Å². The maximum Gasteiger partial charge on any atom is 0.303 e. The van der Waals surface area contributed by atoms with Crippen molar-refractivity contribution in [1.82, 2.24) is 26.6 Å². The summed E-state index contributed by atoms with van der Waals surface area (Å²) in [6, 6.07) is 5.74. The summed E-state index contributed by atoms with van der Waals surface area (Å²) in [5.74, 6) is -6.51. The number of benzene rings is 1. The van der Waals surface area contributed by atoms with Crippen molar-refractivity contribution in [2.45, 2.75) is 82.7 Å². The number of carbonyl (C=O) groups is 7. The number of carboxylic acid groups (broad SMARTS) is 1. The van der Waals surface area contributed by atoms with Crippen LogP contribution in [0.15, 0.2) is 30.3 Å². The van der Waals surface area contributed by atoms with Crippen LogP contribution in [0.2, 0.25) is 0 Å². The highest BCUT2D eigenvalue weighted by Gasteiger charge is 2.61. The quantitative estimate of drug-likeness (QED) is 0.114. The van der Waals surface area contributed by atoms with E-state index in [1.165, 1.54) is 20.8 Å². The molecule has 1 aromatic carbocycles. The monoisotopic (exact) mass is 606 g/mol. The molecule has 0 aromatic heterocycles. The maximum absolute atomic E-state index is 13.9. The molecule has 1 aromatic rings. The number of primary amides is 1. The van der Waals surface area contributed by atoms with Crippen LogP contribution < -0.4 is 32.3 Å². The molecule has 0 saturated heterocycles. The summed E-state index contributed by atoms with van der Waals surface area (Å²) < 4.78 is 13.9. The zero-order valence-electron chi connectivity index (χ0n) is 24.3. The molecular formula is C28H39FN6O8. The second-order valence-corrected chi connectivity index (χ2v) is 10.7. The molecule has 236 valence electrons. The van der Waals surface area contributed by atoms with E-state index in [1.807, 2.05) is 30.3 Å². The van der Waals surface area contributed by atoms with Gasteiger partial charge in [0.2, 0.25) is 35.4 Å². The van der Waals surface area contributed by atoms with Crippen LogP contribution in [0.4, 0.5) is 4.39 Å². The predicted molar refractivity (Wildman–Crippen MR) is 151 cm³/mol. The average Bonchev–Trinajstić information content (AvgIpc) is 3.61. The van der Waals surface area contributed by atoms with Gasteiger partial charge in [-0.2, -0.15) is 0 Å². The number of nitrogens with two attached hydrogens (primary N) is 1. The molecule has 43 heavy (non-hydrogen) atoms. The fourth-order valence-electron chi connectivity index (χ4n) is 4.39. The number of hydrogen-bond acceptors (Lipinski definition) is 7. The number of nitrogens with one attached hydrogen (secondary N) is 5. The lowest BCUT2D eigenvalue weighted by atomic mass is 10.1. The van der Waals surface area contributed by atoms with Crippen LogP contribution in [-0.4, -0.2) is 82.9 Å². The minimum atomic E-state index is -1.63. The van der Waals surface area contributed by atoms with Gasteiger partial charge in [0, 0.05) is 18.8 Å². The van der Waals surface area contributed by atoms with Crippen molar-refractivity contribution in [2.24, 2.45) is 11.7 Å². The Hall–Kier alpha value is -4.56. The van der Waals surface area contributed by atoms with Crippen LogP contribution in [0, 0.1) is 5.92 Å². The van der Waals surface area contributed by atoms with E-state index in [2.05, 4.69) is 26.6 Å². The second-order valence-electron chi connectivity index (χ2n) is 10.7. The molecule has 14 nitrogen and oxygen atoms in total. The molecule has 2 rings (SSSR count). The van der Waals surface area contributed by atoms with E-state index in [1.54, 1.807) is 0 Å². The Morgan fingerprint density at radius 3 is 2.19 bits per heavy atom. The molecule has 0 radical (unpaired) electrons. The van der Waals surface area contributed by atoms with Crippen molar-refractivity contribution < 1.29 is 43.1 Å². The molecule has 0 aliphatic heterocycles. The highest BCUT2D eigenvalue weighted by molar-refractivity contribution is 5.99. The van der Waals surface area contributed by atoms with Crippen molar-refractivity contribution in [2.75, 3.05) is 6.54 Å². The van der Waals surface area contributed by atoms with Gasteiger partial charge in [-0.05, 0) is 39.2 Å². The van der Waals surface area contributed by atoms with E-state index in [9.17, 15) is 38.0 Å². The van der Waals surface area contributed by atoms with Gasteiger partial charge in [0.05, 0.1) is 19.1 Å². The molecule has 1 fully saturated rings. The van der Waals surface area contributed by atoms with Gasteiger partial charge in [0.1, 0.15) is 23.7 Å².